The molecule has 5 aromatic rings. The SMILES string of the molecule is CC1CCC(=C(N)c2cc(C(C)(C)C)cc(C(C)(C)C)c2O)C(=Nc2cc(-c3ccccc3)cc(-c3cc(-c4ccccc4)ccn3)c2)C1. The van der Waals surface area contributed by atoms with E-state index in [1.54, 1.807) is 0 Å². The third-order valence-corrected chi connectivity index (χ3v) is 9.63. The number of pyridine rings is 1. The zero-order valence-corrected chi connectivity index (χ0v) is 30.0. The van der Waals surface area contributed by atoms with Crippen LogP contribution in [-0.2, 0) is 10.8 Å². The third-order valence-electron chi connectivity index (χ3n) is 9.63. The minimum atomic E-state index is -0.247. The Morgan fingerprint density at radius 2 is 1.37 bits per heavy atom. The quantitative estimate of drug-likeness (QED) is 0.199. The molecule has 1 saturated carbocycles. The van der Waals surface area contributed by atoms with Gasteiger partial charge in [-0.05, 0) is 106 Å². The molecule has 49 heavy (non-hydrogen) atoms. The Bertz CT molecular complexity index is 2030. The number of aromatic nitrogens is 1. The van der Waals surface area contributed by atoms with Gasteiger partial charge < -0.3 is 10.8 Å². The number of allylic oxidation sites excluding steroid dienone is 1. The molecule has 0 spiro atoms. The number of nitrogens with two attached hydrogens (primary N) is 1. The summed E-state index contributed by atoms with van der Waals surface area (Å²) in [6, 6.07) is 35.8. The van der Waals surface area contributed by atoms with Crippen LogP contribution in [0.1, 0.15) is 84.4 Å². The summed E-state index contributed by atoms with van der Waals surface area (Å²) >= 11 is 0. The van der Waals surface area contributed by atoms with Crippen LogP contribution in [0.15, 0.2) is 120 Å². The zero-order valence-electron chi connectivity index (χ0n) is 30.0. The van der Waals surface area contributed by atoms with Gasteiger partial charge in [0.15, 0.2) is 0 Å². The van der Waals surface area contributed by atoms with Gasteiger partial charge in [0.1, 0.15) is 5.75 Å². The van der Waals surface area contributed by atoms with E-state index in [-0.39, 0.29) is 16.6 Å². The Balaban J connectivity index is 1.52. The first kappa shape index (κ1) is 33.9. The van der Waals surface area contributed by atoms with Gasteiger partial charge >= 0.3 is 0 Å². The Morgan fingerprint density at radius 1 is 0.735 bits per heavy atom. The molecule has 6 rings (SSSR count). The fourth-order valence-corrected chi connectivity index (χ4v) is 6.68. The Morgan fingerprint density at radius 3 is 2.00 bits per heavy atom. The smallest absolute Gasteiger partial charge is 0.128 e. The van der Waals surface area contributed by atoms with E-state index < -0.39 is 0 Å². The van der Waals surface area contributed by atoms with E-state index in [1.807, 2.05) is 18.3 Å². The zero-order chi connectivity index (χ0) is 34.9. The van der Waals surface area contributed by atoms with Gasteiger partial charge in [-0.15, -0.1) is 0 Å². The van der Waals surface area contributed by atoms with Gasteiger partial charge in [-0.1, -0.05) is 115 Å². The first-order valence-electron chi connectivity index (χ1n) is 17.4. The van der Waals surface area contributed by atoms with Crippen LogP contribution < -0.4 is 5.73 Å². The molecule has 1 fully saturated rings. The van der Waals surface area contributed by atoms with Gasteiger partial charge in [0.05, 0.1) is 11.4 Å². The summed E-state index contributed by atoms with van der Waals surface area (Å²) in [6.45, 7) is 15.3. The fourth-order valence-electron chi connectivity index (χ4n) is 6.68. The molecule has 0 saturated heterocycles. The highest BCUT2D eigenvalue weighted by Crippen LogP contribution is 2.42. The number of rotatable bonds is 5. The maximum Gasteiger partial charge on any atom is 0.128 e. The molecule has 1 atom stereocenters. The molecule has 1 aliphatic carbocycles. The van der Waals surface area contributed by atoms with E-state index in [4.69, 9.17) is 15.7 Å². The fraction of sp³-hybridized carbons (Fsp3) is 0.289. The van der Waals surface area contributed by atoms with Crippen molar-refractivity contribution in [2.75, 3.05) is 0 Å². The molecule has 1 heterocycles. The molecular weight excluding hydrogens is 599 g/mol. The summed E-state index contributed by atoms with van der Waals surface area (Å²) in [5.74, 6) is 0.733. The van der Waals surface area contributed by atoms with Crippen LogP contribution in [0.2, 0.25) is 0 Å². The Kier molecular flexibility index (Phi) is 9.35. The second-order valence-electron chi connectivity index (χ2n) is 15.6. The van der Waals surface area contributed by atoms with Gasteiger partial charge in [0.2, 0.25) is 0 Å². The van der Waals surface area contributed by atoms with Crippen molar-refractivity contribution in [1.29, 1.82) is 0 Å². The van der Waals surface area contributed by atoms with Gasteiger partial charge in [-0.3, -0.25) is 9.98 Å². The number of hydrogen-bond donors (Lipinski definition) is 2. The van der Waals surface area contributed by atoms with Crippen molar-refractivity contribution >= 4 is 17.1 Å². The Hall–Kier alpha value is -4.96. The van der Waals surface area contributed by atoms with Gasteiger partial charge in [-0.2, -0.15) is 0 Å². The largest absolute Gasteiger partial charge is 0.507 e. The predicted molar refractivity (Wildman–Crippen MR) is 207 cm³/mol. The minimum Gasteiger partial charge on any atom is -0.507 e. The van der Waals surface area contributed by atoms with Crippen LogP contribution in [0, 0.1) is 5.92 Å². The maximum absolute atomic E-state index is 11.7. The van der Waals surface area contributed by atoms with Crippen LogP contribution in [0.3, 0.4) is 0 Å². The first-order valence-corrected chi connectivity index (χ1v) is 17.4. The molecule has 0 aliphatic heterocycles. The summed E-state index contributed by atoms with van der Waals surface area (Å²) in [4.78, 5) is 10.2. The molecule has 0 amide bonds. The molecule has 0 bridgehead atoms. The number of phenolic OH excluding ortho intramolecular Hbond substituents is 1. The van der Waals surface area contributed by atoms with Gasteiger partial charge in [0.25, 0.3) is 0 Å². The minimum absolute atomic E-state index is 0.106. The number of benzene rings is 4. The lowest BCUT2D eigenvalue weighted by Crippen LogP contribution is -2.21. The van der Waals surface area contributed by atoms with Crippen LogP contribution in [0.4, 0.5) is 5.69 Å². The lowest BCUT2D eigenvalue weighted by atomic mass is 9.77. The summed E-state index contributed by atoms with van der Waals surface area (Å²) in [6.07, 6.45) is 4.52. The molecule has 0 radical (unpaired) electrons. The highest BCUT2D eigenvalue weighted by molar-refractivity contribution is 6.08. The second-order valence-corrected chi connectivity index (χ2v) is 15.6. The lowest BCUT2D eigenvalue weighted by Gasteiger charge is -2.29. The van der Waals surface area contributed by atoms with Crippen molar-refractivity contribution in [2.24, 2.45) is 16.6 Å². The summed E-state index contributed by atoms with van der Waals surface area (Å²) in [5.41, 5.74) is 19.4. The van der Waals surface area contributed by atoms with Crippen LogP contribution in [0.25, 0.3) is 39.2 Å². The predicted octanol–water partition coefficient (Wildman–Crippen LogP) is 11.6. The van der Waals surface area contributed by atoms with E-state index in [9.17, 15) is 5.11 Å². The number of hydrogen-bond acceptors (Lipinski definition) is 4. The molecule has 250 valence electrons. The molecule has 1 aliphatic rings. The number of phenols is 1. The van der Waals surface area contributed by atoms with Crippen molar-refractivity contribution < 1.29 is 5.11 Å². The molecule has 4 nitrogen and oxygen atoms in total. The van der Waals surface area contributed by atoms with Crippen LogP contribution in [-0.4, -0.2) is 15.8 Å². The van der Waals surface area contributed by atoms with Gasteiger partial charge in [0, 0.05) is 34.3 Å². The van der Waals surface area contributed by atoms with E-state index in [0.29, 0.717) is 17.2 Å². The van der Waals surface area contributed by atoms with E-state index >= 15 is 0 Å². The Labute approximate surface area is 292 Å². The molecule has 3 N–H and O–H groups in total. The number of aromatic hydroxyl groups is 1. The monoisotopic (exact) mass is 647 g/mol. The highest BCUT2D eigenvalue weighted by atomic mass is 16.3. The van der Waals surface area contributed by atoms with E-state index in [2.05, 4.69) is 139 Å². The van der Waals surface area contributed by atoms with Crippen molar-refractivity contribution in [2.45, 2.75) is 78.6 Å². The average molecular weight is 648 g/mol. The van der Waals surface area contributed by atoms with E-state index in [1.165, 1.54) is 0 Å². The van der Waals surface area contributed by atoms with Crippen molar-refractivity contribution in [3.8, 4) is 39.3 Å². The van der Waals surface area contributed by atoms with Crippen molar-refractivity contribution in [3.63, 3.8) is 0 Å². The molecule has 4 heteroatoms. The topological polar surface area (TPSA) is 71.5 Å². The standard InChI is InChI=1S/C45H49N3O/c1-29-18-19-37(42(46)38-27-35(44(2,3)4)28-39(43(38)49)45(5,6)7)41(22-29)48-36-24-33(31-16-12-9-13-17-31)23-34(25-36)40-26-32(20-21-47-40)30-14-10-8-11-15-30/h8-17,20-21,23-29,49H,18-19,22,46H2,1-7H3. The third kappa shape index (κ3) is 7.54. The van der Waals surface area contributed by atoms with Crippen molar-refractivity contribution in [3.05, 3.63) is 132 Å². The summed E-state index contributed by atoms with van der Waals surface area (Å²) in [5, 5.41) is 11.7. The normalized spacial score (nSPS) is 17.3. The maximum atomic E-state index is 11.7. The number of aliphatic imine (C=N–C) groups is 1. The van der Waals surface area contributed by atoms with Gasteiger partial charge in [-0.25, -0.2) is 0 Å². The van der Waals surface area contributed by atoms with Crippen LogP contribution >= 0.6 is 0 Å². The number of nitrogens with zero attached hydrogens (tertiary/aromatic N) is 2. The lowest BCUT2D eigenvalue weighted by molar-refractivity contribution is 0.443. The summed E-state index contributed by atoms with van der Waals surface area (Å²) < 4.78 is 0. The summed E-state index contributed by atoms with van der Waals surface area (Å²) in [7, 11) is 0. The molecular formula is C45H49N3O. The molecule has 4 aromatic carbocycles. The van der Waals surface area contributed by atoms with Crippen LogP contribution in [0.5, 0.6) is 5.75 Å². The first-order chi connectivity index (χ1) is 23.3. The van der Waals surface area contributed by atoms with Crippen molar-refractivity contribution in [1.82, 2.24) is 4.98 Å². The highest BCUT2D eigenvalue weighted by Gasteiger charge is 2.28. The van der Waals surface area contributed by atoms with E-state index in [0.717, 1.165) is 80.9 Å². The molecule has 1 unspecified atom stereocenters. The molecule has 1 aromatic heterocycles. The second kappa shape index (κ2) is 13.5. The average Bonchev–Trinajstić information content (AvgIpc) is 3.08.